The van der Waals surface area contributed by atoms with Crippen LogP contribution in [0.25, 0.3) is 0 Å². The summed E-state index contributed by atoms with van der Waals surface area (Å²) in [5.41, 5.74) is 4.76. The second-order valence-corrected chi connectivity index (χ2v) is 11.7. The first-order valence-electron chi connectivity index (χ1n) is 15.6. The Morgan fingerprint density at radius 1 is 0.378 bits per heavy atom. The molecule has 5 aromatic heterocycles. The molecular weight excluding hydrogens is 556 g/mol. The first-order valence-corrected chi connectivity index (χ1v) is 15.6. The minimum atomic E-state index is 0.436. The van der Waals surface area contributed by atoms with Gasteiger partial charge in [0.25, 0.3) is 0 Å². The van der Waals surface area contributed by atoms with Crippen molar-refractivity contribution >= 4 is 0 Å². The zero-order valence-corrected chi connectivity index (χ0v) is 28.8. The van der Waals surface area contributed by atoms with Crippen molar-refractivity contribution < 1.29 is 0 Å². The smallest absolute Gasteiger partial charge is 0.130 e. The van der Waals surface area contributed by atoms with Crippen LogP contribution in [-0.4, -0.2) is 39.9 Å². The molecule has 240 valence electrons. The second-order valence-electron chi connectivity index (χ2n) is 11.7. The molecule has 8 heteroatoms. The summed E-state index contributed by atoms with van der Waals surface area (Å²) in [6.45, 7) is 21.2. The maximum Gasteiger partial charge on any atom is 0.130 e. The van der Waals surface area contributed by atoms with Crippen LogP contribution in [0.5, 0.6) is 0 Å². The lowest BCUT2D eigenvalue weighted by Gasteiger charge is -2.00. The molecule has 0 spiro atoms. The summed E-state index contributed by atoms with van der Waals surface area (Å²) in [7, 11) is 0. The van der Waals surface area contributed by atoms with Crippen LogP contribution in [0.4, 0.5) is 0 Å². The molecule has 0 aliphatic rings. The highest BCUT2D eigenvalue weighted by Gasteiger charge is 1.98. The van der Waals surface area contributed by atoms with Gasteiger partial charge in [0.1, 0.15) is 18.5 Å². The van der Waals surface area contributed by atoms with E-state index in [1.807, 2.05) is 61.2 Å². The third kappa shape index (κ3) is 18.1. The Kier molecular flexibility index (Phi) is 19.7. The Hall–Kier alpha value is -4.46. The largest absolute Gasteiger partial charge is 0.264 e. The number of pyridine rings is 2. The Morgan fingerprint density at radius 3 is 1.29 bits per heavy atom. The number of aromatic nitrogens is 8. The van der Waals surface area contributed by atoms with Gasteiger partial charge in [-0.1, -0.05) is 81.4 Å². The van der Waals surface area contributed by atoms with Crippen molar-refractivity contribution in [2.75, 3.05) is 0 Å². The molecular formula is C37H52N8. The fraction of sp³-hybridized carbons (Fsp3) is 0.405. The monoisotopic (exact) mass is 608 g/mol. The van der Waals surface area contributed by atoms with Gasteiger partial charge in [-0.05, 0) is 65.1 Å². The van der Waals surface area contributed by atoms with E-state index in [2.05, 4.69) is 115 Å². The highest BCUT2D eigenvalue weighted by Crippen LogP contribution is 2.11. The van der Waals surface area contributed by atoms with Crippen LogP contribution in [0.1, 0.15) is 127 Å². The van der Waals surface area contributed by atoms with Crippen LogP contribution in [-0.2, 0) is 0 Å². The van der Waals surface area contributed by atoms with Gasteiger partial charge >= 0.3 is 0 Å². The fourth-order valence-electron chi connectivity index (χ4n) is 3.29. The molecule has 45 heavy (non-hydrogen) atoms. The number of rotatable bonds is 5. The number of hydrogen-bond acceptors (Lipinski definition) is 8. The molecule has 0 radical (unpaired) electrons. The molecule has 0 aliphatic heterocycles. The molecule has 5 rings (SSSR count). The lowest BCUT2D eigenvalue weighted by Crippen LogP contribution is -1.93. The van der Waals surface area contributed by atoms with Crippen molar-refractivity contribution in [2.45, 2.75) is 98.8 Å². The average Bonchev–Trinajstić information content (AvgIpc) is 3.08. The molecule has 0 N–H and O–H groups in total. The highest BCUT2D eigenvalue weighted by atomic mass is 14.9. The van der Waals surface area contributed by atoms with Crippen molar-refractivity contribution in [2.24, 2.45) is 0 Å². The lowest BCUT2D eigenvalue weighted by atomic mass is 10.1. The molecule has 0 atom stereocenters. The van der Waals surface area contributed by atoms with E-state index in [4.69, 9.17) is 0 Å². The van der Waals surface area contributed by atoms with E-state index in [9.17, 15) is 0 Å². The van der Waals surface area contributed by atoms with Crippen molar-refractivity contribution in [3.8, 4) is 0 Å². The van der Waals surface area contributed by atoms with Gasteiger partial charge in [0.2, 0.25) is 0 Å². The van der Waals surface area contributed by atoms with Gasteiger partial charge in [0.15, 0.2) is 0 Å². The summed E-state index contributed by atoms with van der Waals surface area (Å²) in [6.07, 6.45) is 17.6. The first kappa shape index (κ1) is 38.6. The number of nitrogens with zero attached hydrogens (tertiary/aromatic N) is 8. The molecule has 0 bridgehead atoms. The lowest BCUT2D eigenvalue weighted by molar-refractivity contribution is 0.774. The standard InChI is InChI=1S/2C8H11N.3C7H10N2/c1-7(2)8-4-3-5-9-6-8;1-7(2)8-5-3-4-6-9-8;1-6(2)7-3-8-5-9-4-7;1-6(2)7-3-4-8-5-9-7;1-6(2)7-8-4-3-5-9-7/h2*3-7H,1-2H3;3*3-6H,1-2H3. The molecule has 0 fully saturated rings. The maximum atomic E-state index is 4.18. The molecule has 5 heterocycles. The zero-order chi connectivity index (χ0) is 33.5. The van der Waals surface area contributed by atoms with E-state index in [1.165, 1.54) is 11.1 Å². The molecule has 0 aromatic carbocycles. The summed E-state index contributed by atoms with van der Waals surface area (Å²) in [6, 6.07) is 13.8. The summed E-state index contributed by atoms with van der Waals surface area (Å²) < 4.78 is 0. The van der Waals surface area contributed by atoms with Crippen LogP contribution in [0.15, 0.2) is 105 Å². The summed E-state index contributed by atoms with van der Waals surface area (Å²) in [4.78, 5) is 32.0. The second kappa shape index (κ2) is 23.0. The molecule has 5 aromatic rings. The molecule has 0 saturated heterocycles. The van der Waals surface area contributed by atoms with E-state index < -0.39 is 0 Å². The third-order valence-electron chi connectivity index (χ3n) is 6.18. The van der Waals surface area contributed by atoms with Gasteiger partial charge in [0, 0.05) is 66.9 Å². The quantitative estimate of drug-likeness (QED) is 0.194. The molecule has 0 aliphatic carbocycles. The average molecular weight is 609 g/mol. The zero-order valence-electron chi connectivity index (χ0n) is 28.8. The van der Waals surface area contributed by atoms with Crippen LogP contribution in [0.2, 0.25) is 0 Å². The third-order valence-corrected chi connectivity index (χ3v) is 6.18. The van der Waals surface area contributed by atoms with Crippen molar-refractivity contribution in [1.82, 2.24) is 39.9 Å². The van der Waals surface area contributed by atoms with E-state index in [0.29, 0.717) is 29.6 Å². The van der Waals surface area contributed by atoms with Gasteiger partial charge < -0.3 is 0 Å². The predicted molar refractivity (Wildman–Crippen MR) is 185 cm³/mol. The van der Waals surface area contributed by atoms with E-state index >= 15 is 0 Å². The van der Waals surface area contributed by atoms with Crippen molar-refractivity contribution in [3.05, 3.63) is 133 Å². The van der Waals surface area contributed by atoms with Crippen LogP contribution < -0.4 is 0 Å². The fourth-order valence-corrected chi connectivity index (χ4v) is 3.29. The molecule has 0 unspecified atom stereocenters. The Morgan fingerprint density at radius 2 is 0.956 bits per heavy atom. The number of hydrogen-bond donors (Lipinski definition) is 0. The van der Waals surface area contributed by atoms with Gasteiger partial charge in [-0.25, -0.2) is 29.9 Å². The SMILES string of the molecule is CC(C)c1ccccn1.CC(C)c1cccnc1.CC(C)c1ccncn1.CC(C)c1cncnc1.CC(C)c1ncccn1. The van der Waals surface area contributed by atoms with Crippen molar-refractivity contribution in [1.29, 1.82) is 0 Å². The van der Waals surface area contributed by atoms with E-state index in [0.717, 1.165) is 17.2 Å². The van der Waals surface area contributed by atoms with E-state index in [1.54, 1.807) is 37.4 Å². The van der Waals surface area contributed by atoms with Crippen LogP contribution in [0.3, 0.4) is 0 Å². The summed E-state index contributed by atoms with van der Waals surface area (Å²) >= 11 is 0. The summed E-state index contributed by atoms with van der Waals surface area (Å²) in [5.74, 6) is 3.54. The minimum Gasteiger partial charge on any atom is -0.264 e. The van der Waals surface area contributed by atoms with Crippen LogP contribution >= 0.6 is 0 Å². The first-order chi connectivity index (χ1) is 21.5. The van der Waals surface area contributed by atoms with Gasteiger partial charge in [-0.15, -0.1) is 0 Å². The summed E-state index contributed by atoms with van der Waals surface area (Å²) in [5, 5.41) is 0. The van der Waals surface area contributed by atoms with Crippen molar-refractivity contribution in [3.63, 3.8) is 0 Å². The van der Waals surface area contributed by atoms with Gasteiger partial charge in [-0.3, -0.25) is 9.97 Å². The molecule has 0 amide bonds. The Labute approximate surface area is 271 Å². The van der Waals surface area contributed by atoms with Gasteiger partial charge in [0.05, 0.1) is 0 Å². The Balaban J connectivity index is 0.000000281. The van der Waals surface area contributed by atoms with Gasteiger partial charge in [-0.2, -0.15) is 0 Å². The Bertz CT molecular complexity index is 1100. The highest BCUT2D eigenvalue weighted by molar-refractivity contribution is 5.12. The predicted octanol–water partition coefficient (Wildman–Crippen LogP) is 9.21. The topological polar surface area (TPSA) is 103 Å². The maximum absolute atomic E-state index is 4.18. The minimum absolute atomic E-state index is 0.436. The van der Waals surface area contributed by atoms with Crippen LogP contribution in [0, 0.1) is 0 Å². The molecule has 0 saturated carbocycles. The van der Waals surface area contributed by atoms with E-state index in [-0.39, 0.29) is 0 Å². The molecule has 8 nitrogen and oxygen atoms in total. The normalized spacial score (nSPS) is 10.1.